The molecule has 0 saturated carbocycles. The van der Waals surface area contributed by atoms with Crippen LogP contribution in [0.1, 0.15) is 22.8 Å². The van der Waals surface area contributed by atoms with Crippen molar-refractivity contribution in [1.29, 1.82) is 0 Å². The van der Waals surface area contributed by atoms with E-state index in [1.807, 2.05) is 38.1 Å². The van der Waals surface area contributed by atoms with Crippen LogP contribution in [0.4, 0.5) is 10.1 Å². The third kappa shape index (κ3) is 2.80. The molecule has 2 rings (SSSR count). The molecular formula is C15H14ClFN2O. The molecule has 0 unspecified atom stereocenters. The van der Waals surface area contributed by atoms with E-state index in [0.717, 1.165) is 23.5 Å². The molecule has 0 aliphatic carbocycles. The van der Waals surface area contributed by atoms with Crippen molar-refractivity contribution < 1.29 is 9.18 Å². The summed E-state index contributed by atoms with van der Waals surface area (Å²) < 4.78 is 13.3. The van der Waals surface area contributed by atoms with Crippen LogP contribution in [0.25, 0.3) is 0 Å². The maximum atomic E-state index is 13.3. The Bertz CT molecular complexity index is 646. The molecule has 1 aromatic heterocycles. The summed E-state index contributed by atoms with van der Waals surface area (Å²) in [7, 11) is 0. The minimum Gasteiger partial charge on any atom is -0.308 e. The smallest absolute Gasteiger partial charge is 0.261 e. The lowest BCUT2D eigenvalue weighted by Crippen LogP contribution is -2.31. The number of aryl methyl sites for hydroxylation is 1. The van der Waals surface area contributed by atoms with Crippen LogP contribution >= 0.6 is 11.6 Å². The van der Waals surface area contributed by atoms with Gasteiger partial charge in [-0.25, -0.2) is 9.37 Å². The molecule has 2 aromatic rings. The lowest BCUT2D eigenvalue weighted by Gasteiger charge is -2.23. The second kappa shape index (κ2) is 6.01. The highest BCUT2D eigenvalue weighted by molar-refractivity contribution is 6.33. The first-order chi connectivity index (χ1) is 9.54. The van der Waals surface area contributed by atoms with E-state index in [0.29, 0.717) is 6.54 Å². The van der Waals surface area contributed by atoms with E-state index in [1.54, 1.807) is 4.90 Å². The maximum Gasteiger partial charge on any atom is 0.261 e. The van der Waals surface area contributed by atoms with Crippen molar-refractivity contribution in [2.45, 2.75) is 13.8 Å². The molecular weight excluding hydrogens is 279 g/mol. The van der Waals surface area contributed by atoms with Crippen molar-refractivity contribution >= 4 is 23.2 Å². The molecule has 0 saturated heterocycles. The lowest BCUT2D eigenvalue weighted by molar-refractivity contribution is 0.0987. The SMILES string of the molecule is CCN(C(=O)c1cc(F)cnc1Cl)c1ccccc1C. The van der Waals surface area contributed by atoms with E-state index >= 15 is 0 Å². The molecule has 104 valence electrons. The zero-order chi connectivity index (χ0) is 14.7. The standard InChI is InChI=1S/C15H14ClFN2O/c1-3-19(13-7-5-4-6-10(13)2)15(20)12-8-11(17)9-18-14(12)16/h4-9H,3H2,1-2H3. The van der Waals surface area contributed by atoms with Crippen LogP contribution in [0.3, 0.4) is 0 Å². The van der Waals surface area contributed by atoms with Gasteiger partial charge in [-0.3, -0.25) is 4.79 Å². The zero-order valence-electron chi connectivity index (χ0n) is 11.2. The van der Waals surface area contributed by atoms with Crippen LogP contribution in [0.15, 0.2) is 36.5 Å². The number of para-hydroxylation sites is 1. The van der Waals surface area contributed by atoms with E-state index in [4.69, 9.17) is 11.6 Å². The van der Waals surface area contributed by atoms with E-state index in [-0.39, 0.29) is 16.6 Å². The Morgan fingerprint density at radius 1 is 1.40 bits per heavy atom. The summed E-state index contributed by atoms with van der Waals surface area (Å²) in [5, 5.41) is 0.00318. The highest BCUT2D eigenvalue weighted by Crippen LogP contribution is 2.23. The van der Waals surface area contributed by atoms with Gasteiger partial charge >= 0.3 is 0 Å². The van der Waals surface area contributed by atoms with Crippen molar-refractivity contribution in [3.63, 3.8) is 0 Å². The van der Waals surface area contributed by atoms with Gasteiger partial charge in [0.1, 0.15) is 11.0 Å². The van der Waals surface area contributed by atoms with Gasteiger partial charge in [-0.2, -0.15) is 0 Å². The van der Waals surface area contributed by atoms with Crippen molar-refractivity contribution in [1.82, 2.24) is 4.98 Å². The molecule has 0 spiro atoms. The fraction of sp³-hybridized carbons (Fsp3) is 0.200. The number of benzene rings is 1. The van der Waals surface area contributed by atoms with Gasteiger partial charge in [-0.1, -0.05) is 29.8 Å². The first-order valence-corrected chi connectivity index (χ1v) is 6.61. The Morgan fingerprint density at radius 2 is 2.10 bits per heavy atom. The Kier molecular flexibility index (Phi) is 4.35. The second-order valence-electron chi connectivity index (χ2n) is 4.33. The first kappa shape index (κ1) is 14.5. The molecule has 20 heavy (non-hydrogen) atoms. The minimum atomic E-state index is -0.585. The van der Waals surface area contributed by atoms with Gasteiger partial charge in [0.15, 0.2) is 0 Å². The van der Waals surface area contributed by atoms with Crippen molar-refractivity contribution in [3.05, 3.63) is 58.6 Å². The number of hydrogen-bond donors (Lipinski definition) is 0. The van der Waals surface area contributed by atoms with Crippen LogP contribution in [0.5, 0.6) is 0 Å². The molecule has 1 aromatic carbocycles. The van der Waals surface area contributed by atoms with Crippen molar-refractivity contribution in [2.75, 3.05) is 11.4 Å². The fourth-order valence-corrected chi connectivity index (χ4v) is 2.19. The summed E-state index contributed by atoms with van der Waals surface area (Å²) in [6.07, 6.45) is 0.989. The summed E-state index contributed by atoms with van der Waals surface area (Å²) in [4.78, 5) is 17.8. The van der Waals surface area contributed by atoms with Crippen molar-refractivity contribution in [3.8, 4) is 0 Å². The van der Waals surface area contributed by atoms with Gasteiger partial charge in [-0.05, 0) is 31.5 Å². The van der Waals surface area contributed by atoms with E-state index < -0.39 is 5.82 Å². The number of halogens is 2. The number of carbonyl (C=O) groups excluding carboxylic acids is 1. The topological polar surface area (TPSA) is 33.2 Å². The number of nitrogens with zero attached hydrogens (tertiary/aromatic N) is 2. The highest BCUT2D eigenvalue weighted by atomic mass is 35.5. The Balaban J connectivity index is 2.45. The van der Waals surface area contributed by atoms with Gasteiger partial charge in [0.25, 0.3) is 5.91 Å². The molecule has 0 aliphatic rings. The monoisotopic (exact) mass is 292 g/mol. The Labute approximate surface area is 122 Å². The highest BCUT2D eigenvalue weighted by Gasteiger charge is 2.21. The van der Waals surface area contributed by atoms with Crippen LogP contribution in [-0.4, -0.2) is 17.4 Å². The fourth-order valence-electron chi connectivity index (χ4n) is 2.01. The number of rotatable bonds is 3. The molecule has 0 aliphatic heterocycles. The molecule has 0 bridgehead atoms. The molecule has 0 radical (unpaired) electrons. The van der Waals surface area contributed by atoms with Gasteiger partial charge < -0.3 is 4.90 Å². The van der Waals surface area contributed by atoms with Gasteiger partial charge in [0, 0.05) is 12.2 Å². The molecule has 0 fully saturated rings. The quantitative estimate of drug-likeness (QED) is 0.805. The summed E-state index contributed by atoms with van der Waals surface area (Å²) in [5.41, 5.74) is 1.81. The zero-order valence-corrected chi connectivity index (χ0v) is 12.0. The molecule has 5 heteroatoms. The van der Waals surface area contributed by atoms with E-state index in [2.05, 4.69) is 4.98 Å². The predicted octanol–water partition coefficient (Wildman–Crippen LogP) is 3.85. The van der Waals surface area contributed by atoms with Gasteiger partial charge in [0.2, 0.25) is 0 Å². The molecule has 3 nitrogen and oxygen atoms in total. The van der Waals surface area contributed by atoms with Gasteiger partial charge in [0.05, 0.1) is 11.8 Å². The Morgan fingerprint density at radius 3 is 2.75 bits per heavy atom. The number of carbonyl (C=O) groups is 1. The average Bonchev–Trinajstić information content (AvgIpc) is 2.44. The number of amides is 1. The minimum absolute atomic E-state index is 0.00318. The Hall–Kier alpha value is -1.94. The first-order valence-electron chi connectivity index (χ1n) is 6.23. The van der Waals surface area contributed by atoms with Crippen LogP contribution in [0, 0.1) is 12.7 Å². The summed E-state index contributed by atoms with van der Waals surface area (Å²) in [6, 6.07) is 8.62. The average molecular weight is 293 g/mol. The third-order valence-electron chi connectivity index (χ3n) is 3.00. The summed E-state index contributed by atoms with van der Waals surface area (Å²) >= 11 is 5.89. The number of pyridine rings is 1. The van der Waals surface area contributed by atoms with Crippen LogP contribution in [0.2, 0.25) is 5.15 Å². The molecule has 1 heterocycles. The lowest BCUT2D eigenvalue weighted by atomic mass is 10.1. The second-order valence-corrected chi connectivity index (χ2v) is 4.69. The van der Waals surface area contributed by atoms with E-state index in [1.165, 1.54) is 0 Å². The number of anilines is 1. The third-order valence-corrected chi connectivity index (χ3v) is 3.30. The molecule has 0 N–H and O–H groups in total. The molecule has 0 atom stereocenters. The summed E-state index contributed by atoms with van der Waals surface area (Å²) in [6.45, 7) is 4.22. The normalized spacial score (nSPS) is 10.4. The number of aromatic nitrogens is 1. The summed E-state index contributed by atoms with van der Waals surface area (Å²) in [5.74, 6) is -0.947. The predicted molar refractivity (Wildman–Crippen MR) is 77.7 cm³/mol. The van der Waals surface area contributed by atoms with Crippen LogP contribution < -0.4 is 4.90 Å². The largest absolute Gasteiger partial charge is 0.308 e. The molecule has 1 amide bonds. The van der Waals surface area contributed by atoms with Crippen LogP contribution in [-0.2, 0) is 0 Å². The van der Waals surface area contributed by atoms with Gasteiger partial charge in [-0.15, -0.1) is 0 Å². The van der Waals surface area contributed by atoms with Crippen molar-refractivity contribution in [2.24, 2.45) is 0 Å². The van der Waals surface area contributed by atoms with E-state index in [9.17, 15) is 9.18 Å². The number of hydrogen-bond acceptors (Lipinski definition) is 2. The maximum absolute atomic E-state index is 13.3.